The Bertz CT molecular complexity index is 705. The summed E-state index contributed by atoms with van der Waals surface area (Å²) >= 11 is 0. The van der Waals surface area contributed by atoms with Gasteiger partial charge in [0, 0.05) is 13.0 Å². The van der Waals surface area contributed by atoms with E-state index in [1.165, 1.54) is 17.8 Å². The highest BCUT2D eigenvalue weighted by Crippen LogP contribution is 2.45. The summed E-state index contributed by atoms with van der Waals surface area (Å²) in [6, 6.07) is 6.32. The van der Waals surface area contributed by atoms with Crippen LogP contribution in [0.5, 0.6) is 0 Å². The van der Waals surface area contributed by atoms with Crippen LogP contribution < -0.4 is 0 Å². The van der Waals surface area contributed by atoms with Crippen molar-refractivity contribution in [3.8, 4) is 0 Å². The summed E-state index contributed by atoms with van der Waals surface area (Å²) in [6.45, 7) is 1.05. The molecule has 96 valence electrons. The lowest BCUT2D eigenvalue weighted by molar-refractivity contribution is 0.256. The van der Waals surface area contributed by atoms with Crippen LogP contribution in [0.4, 0.5) is 0 Å². The van der Waals surface area contributed by atoms with Crippen LogP contribution in [0.25, 0.3) is 11.0 Å². The molecule has 4 heteroatoms. The minimum absolute atomic E-state index is 0.306. The quantitative estimate of drug-likeness (QED) is 0.610. The molecule has 0 saturated heterocycles. The van der Waals surface area contributed by atoms with Gasteiger partial charge in [0.1, 0.15) is 5.82 Å². The van der Waals surface area contributed by atoms with Crippen LogP contribution >= 0.6 is 0 Å². The van der Waals surface area contributed by atoms with E-state index < -0.39 is 0 Å². The molecular weight excluding hydrogens is 238 g/mol. The first-order valence-corrected chi connectivity index (χ1v) is 6.91. The summed E-state index contributed by atoms with van der Waals surface area (Å²) in [6.07, 6.45) is 7.05. The molecule has 4 rings (SSSR count). The summed E-state index contributed by atoms with van der Waals surface area (Å²) in [4.78, 5) is 19.4. The predicted molar refractivity (Wildman–Crippen MR) is 71.7 cm³/mol. The molecule has 0 N–H and O–H groups in total. The predicted octanol–water partition coefficient (Wildman–Crippen LogP) is 2.70. The Labute approximate surface area is 111 Å². The highest BCUT2D eigenvalue weighted by molar-refractivity contribution is 5.77. The average molecular weight is 253 g/mol. The molecule has 0 unspecified atom stereocenters. The van der Waals surface area contributed by atoms with Gasteiger partial charge in [0.25, 0.3) is 0 Å². The molecule has 1 aliphatic heterocycles. The van der Waals surface area contributed by atoms with Crippen LogP contribution in [0.1, 0.15) is 37.1 Å². The van der Waals surface area contributed by atoms with Gasteiger partial charge >= 0.3 is 0 Å². The normalized spacial score (nSPS) is 19.8. The van der Waals surface area contributed by atoms with Gasteiger partial charge in [0.05, 0.1) is 16.6 Å². The third-order valence-corrected chi connectivity index (χ3v) is 4.59. The minimum Gasteiger partial charge on any atom is -0.328 e. The van der Waals surface area contributed by atoms with E-state index in [0.29, 0.717) is 0 Å². The molecule has 19 heavy (non-hydrogen) atoms. The molecule has 1 aromatic heterocycles. The number of aryl methyl sites for hydroxylation is 2. The molecule has 2 aliphatic rings. The highest BCUT2D eigenvalue weighted by atomic mass is 16.1. The van der Waals surface area contributed by atoms with Crippen molar-refractivity contribution in [2.75, 3.05) is 0 Å². The molecule has 0 atom stereocenters. The van der Waals surface area contributed by atoms with E-state index in [9.17, 15) is 4.79 Å². The third-order valence-electron chi connectivity index (χ3n) is 4.59. The number of aromatic nitrogens is 2. The van der Waals surface area contributed by atoms with Crippen molar-refractivity contribution in [3.63, 3.8) is 0 Å². The van der Waals surface area contributed by atoms with Crippen molar-refractivity contribution < 1.29 is 4.79 Å². The molecule has 0 amide bonds. The summed E-state index contributed by atoms with van der Waals surface area (Å²) in [5.74, 6) is 1.19. The van der Waals surface area contributed by atoms with Crippen molar-refractivity contribution in [2.45, 2.75) is 44.2 Å². The van der Waals surface area contributed by atoms with Gasteiger partial charge in [-0.15, -0.1) is 0 Å². The van der Waals surface area contributed by atoms with E-state index in [-0.39, 0.29) is 5.54 Å². The van der Waals surface area contributed by atoms with E-state index in [2.05, 4.69) is 32.7 Å². The van der Waals surface area contributed by atoms with E-state index in [1.807, 2.05) is 0 Å². The molecule has 2 heterocycles. The zero-order chi connectivity index (χ0) is 12.9. The second-order valence-electron chi connectivity index (χ2n) is 5.57. The summed E-state index contributed by atoms with van der Waals surface area (Å²) < 4.78 is 2.30. The van der Waals surface area contributed by atoms with Crippen LogP contribution in [0.2, 0.25) is 0 Å². The van der Waals surface area contributed by atoms with Crippen LogP contribution in [-0.4, -0.2) is 15.6 Å². The van der Waals surface area contributed by atoms with Crippen molar-refractivity contribution in [1.29, 1.82) is 0 Å². The second kappa shape index (κ2) is 3.78. The lowest BCUT2D eigenvalue weighted by Crippen LogP contribution is -2.31. The Hall–Kier alpha value is -1.93. The molecule has 1 aliphatic carbocycles. The SMILES string of the molecule is O=C=NC1(c2ccc3nc4n(c3c2)CCC4)CCC1. The van der Waals surface area contributed by atoms with Crippen molar-refractivity contribution >= 4 is 17.1 Å². The Morgan fingerprint density at radius 3 is 2.95 bits per heavy atom. The first kappa shape index (κ1) is 10.9. The molecular formula is C15H15N3O. The maximum Gasteiger partial charge on any atom is 0.235 e. The smallest absolute Gasteiger partial charge is 0.235 e. The third kappa shape index (κ3) is 1.44. The molecule has 0 radical (unpaired) electrons. The van der Waals surface area contributed by atoms with Gasteiger partial charge in [-0.05, 0) is 43.4 Å². The second-order valence-corrected chi connectivity index (χ2v) is 5.57. The van der Waals surface area contributed by atoms with E-state index >= 15 is 0 Å². The number of isocyanates is 1. The molecule has 0 spiro atoms. The molecule has 0 bridgehead atoms. The number of hydrogen-bond donors (Lipinski definition) is 0. The minimum atomic E-state index is -0.306. The monoisotopic (exact) mass is 253 g/mol. The van der Waals surface area contributed by atoms with Gasteiger partial charge in [-0.25, -0.2) is 9.78 Å². The van der Waals surface area contributed by atoms with Gasteiger partial charge in [-0.3, -0.25) is 0 Å². The zero-order valence-corrected chi connectivity index (χ0v) is 10.7. The van der Waals surface area contributed by atoms with E-state index in [0.717, 1.165) is 43.3 Å². The van der Waals surface area contributed by atoms with Crippen LogP contribution in [0.3, 0.4) is 0 Å². The van der Waals surface area contributed by atoms with Crippen molar-refractivity contribution in [1.82, 2.24) is 9.55 Å². The van der Waals surface area contributed by atoms with E-state index in [4.69, 9.17) is 0 Å². The van der Waals surface area contributed by atoms with Crippen molar-refractivity contribution in [3.05, 3.63) is 29.6 Å². The number of carbonyl (C=O) groups excluding carboxylic acids is 1. The van der Waals surface area contributed by atoms with Gasteiger partial charge in [-0.1, -0.05) is 6.07 Å². The van der Waals surface area contributed by atoms with Gasteiger partial charge in [0.2, 0.25) is 6.08 Å². The lowest BCUT2D eigenvalue weighted by Gasteiger charge is -2.37. The fourth-order valence-corrected chi connectivity index (χ4v) is 3.36. The number of hydrogen-bond acceptors (Lipinski definition) is 3. The standard InChI is InChI=1S/C15H15N3O/c19-10-16-15(6-2-7-15)11-4-5-12-13(9-11)18-8-1-3-14(18)17-12/h4-5,9H,1-3,6-8H2. The average Bonchev–Trinajstić information content (AvgIpc) is 2.93. The molecule has 2 aromatic rings. The largest absolute Gasteiger partial charge is 0.328 e. The number of benzene rings is 1. The molecule has 1 saturated carbocycles. The number of nitrogens with zero attached hydrogens (tertiary/aromatic N) is 3. The van der Waals surface area contributed by atoms with Crippen molar-refractivity contribution in [2.24, 2.45) is 4.99 Å². The lowest BCUT2D eigenvalue weighted by atomic mass is 9.72. The summed E-state index contributed by atoms with van der Waals surface area (Å²) in [5.41, 5.74) is 3.09. The summed E-state index contributed by atoms with van der Waals surface area (Å²) in [7, 11) is 0. The van der Waals surface area contributed by atoms with Gasteiger partial charge in [-0.2, -0.15) is 4.99 Å². The fourth-order valence-electron chi connectivity index (χ4n) is 3.36. The highest BCUT2D eigenvalue weighted by Gasteiger charge is 2.39. The van der Waals surface area contributed by atoms with Gasteiger partial charge in [0.15, 0.2) is 0 Å². The molecule has 1 aromatic carbocycles. The van der Waals surface area contributed by atoms with Crippen LogP contribution in [-0.2, 0) is 23.3 Å². The maximum atomic E-state index is 10.7. The number of fused-ring (bicyclic) bond motifs is 3. The van der Waals surface area contributed by atoms with Crippen LogP contribution in [0, 0.1) is 0 Å². The van der Waals surface area contributed by atoms with Crippen LogP contribution in [0.15, 0.2) is 23.2 Å². The fraction of sp³-hybridized carbons (Fsp3) is 0.467. The first-order valence-electron chi connectivity index (χ1n) is 6.91. The Balaban J connectivity index is 1.89. The van der Waals surface area contributed by atoms with Gasteiger partial charge < -0.3 is 4.57 Å². The number of imidazole rings is 1. The first-order chi connectivity index (χ1) is 9.32. The Morgan fingerprint density at radius 1 is 1.32 bits per heavy atom. The Morgan fingerprint density at radius 2 is 2.21 bits per heavy atom. The maximum absolute atomic E-state index is 10.7. The Kier molecular flexibility index (Phi) is 2.18. The topological polar surface area (TPSA) is 47.2 Å². The summed E-state index contributed by atoms with van der Waals surface area (Å²) in [5, 5.41) is 0. The number of rotatable bonds is 2. The number of aliphatic imine (C=N–C) groups is 1. The van der Waals surface area contributed by atoms with E-state index in [1.54, 1.807) is 6.08 Å². The molecule has 4 nitrogen and oxygen atoms in total. The molecule has 1 fully saturated rings. The zero-order valence-electron chi connectivity index (χ0n) is 10.7.